The predicted octanol–water partition coefficient (Wildman–Crippen LogP) is 0.150. The summed E-state index contributed by atoms with van der Waals surface area (Å²) in [5.74, 6) is -0.278. The van der Waals surface area contributed by atoms with Crippen molar-refractivity contribution in [1.29, 1.82) is 0 Å². The molecule has 1 saturated heterocycles. The molecule has 3 N–H and O–H groups in total. The van der Waals surface area contributed by atoms with Gasteiger partial charge in [-0.3, -0.25) is 0 Å². The topological polar surface area (TPSA) is 69.9 Å². The Morgan fingerprint density at radius 2 is 1.67 bits per heavy atom. The van der Waals surface area contributed by atoms with Crippen LogP contribution < -0.4 is 0 Å². The van der Waals surface area contributed by atoms with Gasteiger partial charge in [0, 0.05) is 5.92 Å². The van der Waals surface area contributed by atoms with Crippen molar-refractivity contribution in [3.05, 3.63) is 0 Å². The highest BCUT2D eigenvalue weighted by Crippen LogP contribution is 2.35. The van der Waals surface area contributed by atoms with E-state index in [-0.39, 0.29) is 24.0 Å². The van der Waals surface area contributed by atoms with E-state index >= 15 is 0 Å². The highest BCUT2D eigenvalue weighted by molar-refractivity contribution is 4.94. The first kappa shape index (κ1) is 12.9. The van der Waals surface area contributed by atoms with Crippen molar-refractivity contribution in [2.45, 2.75) is 52.1 Å². The van der Waals surface area contributed by atoms with Crippen molar-refractivity contribution in [2.75, 3.05) is 6.61 Å². The molecule has 0 saturated carbocycles. The van der Waals surface area contributed by atoms with Crippen LogP contribution in [0.4, 0.5) is 0 Å². The Labute approximate surface area is 90.9 Å². The lowest BCUT2D eigenvalue weighted by Gasteiger charge is -2.46. The second kappa shape index (κ2) is 4.37. The largest absolute Gasteiger partial charge is 0.394 e. The predicted molar refractivity (Wildman–Crippen MR) is 56.4 cm³/mol. The minimum Gasteiger partial charge on any atom is -0.394 e. The third kappa shape index (κ3) is 2.50. The van der Waals surface area contributed by atoms with Crippen LogP contribution >= 0.6 is 0 Å². The summed E-state index contributed by atoms with van der Waals surface area (Å²) in [5.41, 5.74) is -0.207. The maximum atomic E-state index is 9.99. The van der Waals surface area contributed by atoms with Gasteiger partial charge in [-0.1, -0.05) is 27.7 Å². The second-order valence-corrected chi connectivity index (χ2v) is 5.48. The zero-order valence-electron chi connectivity index (χ0n) is 9.84. The average molecular weight is 218 g/mol. The van der Waals surface area contributed by atoms with Gasteiger partial charge in [0.05, 0.1) is 24.9 Å². The van der Waals surface area contributed by atoms with Gasteiger partial charge in [0.1, 0.15) is 6.10 Å². The van der Waals surface area contributed by atoms with E-state index in [1.807, 2.05) is 20.8 Å². The lowest BCUT2D eigenvalue weighted by Crippen LogP contribution is -2.58. The first-order valence-electron chi connectivity index (χ1n) is 5.41. The third-order valence-electron chi connectivity index (χ3n) is 3.12. The van der Waals surface area contributed by atoms with E-state index in [9.17, 15) is 10.2 Å². The highest BCUT2D eigenvalue weighted by atomic mass is 16.5. The highest BCUT2D eigenvalue weighted by Gasteiger charge is 2.46. The zero-order valence-corrected chi connectivity index (χ0v) is 9.84. The number of rotatable bonds is 1. The summed E-state index contributed by atoms with van der Waals surface area (Å²) < 4.78 is 5.54. The number of hydrogen-bond acceptors (Lipinski definition) is 4. The molecule has 1 rings (SSSR count). The summed E-state index contributed by atoms with van der Waals surface area (Å²) in [6.45, 7) is 7.48. The van der Waals surface area contributed by atoms with Crippen molar-refractivity contribution in [3.63, 3.8) is 0 Å². The van der Waals surface area contributed by atoms with Gasteiger partial charge in [-0.05, 0) is 5.41 Å². The molecule has 0 spiro atoms. The van der Waals surface area contributed by atoms with Crippen LogP contribution in [0.5, 0.6) is 0 Å². The lowest BCUT2D eigenvalue weighted by atomic mass is 9.77. The van der Waals surface area contributed by atoms with Crippen LogP contribution in [0.15, 0.2) is 0 Å². The van der Waals surface area contributed by atoms with E-state index in [0.29, 0.717) is 0 Å². The van der Waals surface area contributed by atoms with E-state index in [0.717, 1.165) is 0 Å². The van der Waals surface area contributed by atoms with E-state index in [4.69, 9.17) is 9.84 Å². The fourth-order valence-electron chi connectivity index (χ4n) is 2.03. The molecule has 15 heavy (non-hydrogen) atoms. The quantitative estimate of drug-likeness (QED) is 0.586. The molecule has 0 amide bonds. The Balaban J connectivity index is 2.83. The van der Waals surface area contributed by atoms with Crippen molar-refractivity contribution >= 4 is 0 Å². The fourth-order valence-corrected chi connectivity index (χ4v) is 2.03. The van der Waals surface area contributed by atoms with Crippen LogP contribution in [0, 0.1) is 11.3 Å². The first-order valence-corrected chi connectivity index (χ1v) is 5.41. The number of ether oxygens (including phenoxy) is 1. The molecular formula is C11H22O4. The number of aliphatic hydroxyl groups is 3. The normalized spacial score (nSPS) is 43.0. The molecule has 1 heterocycles. The van der Waals surface area contributed by atoms with Crippen LogP contribution in [0.3, 0.4) is 0 Å². The summed E-state index contributed by atoms with van der Waals surface area (Å²) in [6, 6.07) is 0. The first-order chi connectivity index (χ1) is 6.79. The average Bonchev–Trinajstić information content (AvgIpc) is 2.13. The minimum absolute atomic E-state index is 0.207. The SMILES string of the molecule is CC1C(O)C(CO)OC(C(C)(C)C)C1O. The Morgan fingerprint density at radius 3 is 2.07 bits per heavy atom. The molecule has 0 aromatic rings. The Bertz CT molecular complexity index is 209. The molecule has 4 nitrogen and oxygen atoms in total. The molecule has 1 fully saturated rings. The molecule has 5 atom stereocenters. The third-order valence-corrected chi connectivity index (χ3v) is 3.12. The van der Waals surface area contributed by atoms with Gasteiger partial charge in [-0.2, -0.15) is 0 Å². The van der Waals surface area contributed by atoms with Crippen LogP contribution in [-0.4, -0.2) is 46.3 Å². The van der Waals surface area contributed by atoms with Gasteiger partial charge in [0.2, 0.25) is 0 Å². The number of hydrogen-bond donors (Lipinski definition) is 3. The molecule has 5 unspecified atom stereocenters. The van der Waals surface area contributed by atoms with Crippen LogP contribution in [0.1, 0.15) is 27.7 Å². The van der Waals surface area contributed by atoms with E-state index in [2.05, 4.69) is 0 Å². The maximum Gasteiger partial charge on any atom is 0.107 e. The molecule has 0 radical (unpaired) electrons. The molecule has 0 aromatic heterocycles. The number of aliphatic hydroxyl groups excluding tert-OH is 3. The van der Waals surface area contributed by atoms with Gasteiger partial charge in [-0.25, -0.2) is 0 Å². The van der Waals surface area contributed by atoms with Crippen LogP contribution in [-0.2, 0) is 4.74 Å². The molecule has 4 heteroatoms. The van der Waals surface area contributed by atoms with Crippen molar-refractivity contribution in [2.24, 2.45) is 11.3 Å². The lowest BCUT2D eigenvalue weighted by molar-refractivity contribution is -0.230. The van der Waals surface area contributed by atoms with Gasteiger partial charge in [-0.15, -0.1) is 0 Å². The Morgan fingerprint density at radius 1 is 1.13 bits per heavy atom. The van der Waals surface area contributed by atoms with E-state index in [1.165, 1.54) is 0 Å². The van der Waals surface area contributed by atoms with Crippen molar-refractivity contribution < 1.29 is 20.1 Å². The maximum absolute atomic E-state index is 9.99. The fraction of sp³-hybridized carbons (Fsp3) is 1.00. The van der Waals surface area contributed by atoms with Crippen molar-refractivity contribution in [1.82, 2.24) is 0 Å². The van der Waals surface area contributed by atoms with E-state index in [1.54, 1.807) is 6.92 Å². The van der Waals surface area contributed by atoms with E-state index < -0.39 is 18.3 Å². The van der Waals surface area contributed by atoms with Gasteiger partial charge >= 0.3 is 0 Å². The Hall–Kier alpha value is -0.160. The minimum atomic E-state index is -0.802. The van der Waals surface area contributed by atoms with Gasteiger partial charge < -0.3 is 20.1 Å². The van der Waals surface area contributed by atoms with Gasteiger partial charge in [0.15, 0.2) is 0 Å². The molecule has 90 valence electrons. The smallest absolute Gasteiger partial charge is 0.107 e. The van der Waals surface area contributed by atoms with Crippen molar-refractivity contribution in [3.8, 4) is 0 Å². The summed E-state index contributed by atoms with van der Waals surface area (Å²) >= 11 is 0. The molecular weight excluding hydrogens is 196 g/mol. The molecule has 0 aromatic carbocycles. The van der Waals surface area contributed by atoms with Crippen LogP contribution in [0.2, 0.25) is 0 Å². The zero-order chi connectivity index (χ0) is 11.8. The van der Waals surface area contributed by atoms with Gasteiger partial charge in [0.25, 0.3) is 0 Å². The summed E-state index contributed by atoms with van der Waals surface area (Å²) in [7, 11) is 0. The molecule has 1 aliphatic rings. The molecule has 1 aliphatic heterocycles. The standard InChI is InChI=1S/C11H22O4/c1-6-8(13)7(5-12)15-10(9(6)14)11(2,3)4/h6-10,12-14H,5H2,1-4H3. The summed E-state index contributed by atoms with van der Waals surface area (Å²) in [5, 5.41) is 28.8. The summed E-state index contributed by atoms with van der Waals surface area (Å²) in [4.78, 5) is 0. The summed E-state index contributed by atoms with van der Waals surface area (Å²) in [6.07, 6.45) is -2.44. The molecule has 0 aliphatic carbocycles. The monoisotopic (exact) mass is 218 g/mol. The van der Waals surface area contributed by atoms with Crippen LogP contribution in [0.25, 0.3) is 0 Å². The second-order valence-electron chi connectivity index (χ2n) is 5.48. The Kier molecular flexibility index (Phi) is 3.76. The molecule has 0 bridgehead atoms.